The van der Waals surface area contributed by atoms with Crippen molar-refractivity contribution in [3.05, 3.63) is 58.7 Å². The summed E-state index contributed by atoms with van der Waals surface area (Å²) in [4.78, 5) is 2.62. The summed E-state index contributed by atoms with van der Waals surface area (Å²) in [5.74, 6) is 0. The Hall–Kier alpha value is -1.25. The maximum Gasteiger partial charge on any atom is 0.0189 e. The lowest BCUT2D eigenvalue weighted by Crippen LogP contribution is -1.98. The van der Waals surface area contributed by atoms with Crippen LogP contribution in [0.4, 0.5) is 0 Å². The molecule has 3 rings (SSSR count). The van der Waals surface area contributed by atoms with Crippen LogP contribution in [0.3, 0.4) is 0 Å². The second-order valence-corrected chi connectivity index (χ2v) is 6.32. The molecule has 2 aromatic rings. The maximum absolute atomic E-state index is 5.85. The van der Waals surface area contributed by atoms with Gasteiger partial charge in [-0.3, -0.25) is 0 Å². The Kier molecular flexibility index (Phi) is 3.63. The summed E-state index contributed by atoms with van der Waals surface area (Å²) in [7, 11) is 0. The van der Waals surface area contributed by atoms with Crippen molar-refractivity contribution in [1.29, 1.82) is 0 Å². The fourth-order valence-electron chi connectivity index (χ4n) is 2.71. The Morgan fingerprint density at radius 2 is 1.89 bits per heavy atom. The molecular formula is C17H19NS. The van der Waals surface area contributed by atoms with Crippen molar-refractivity contribution >= 4 is 11.8 Å². The summed E-state index contributed by atoms with van der Waals surface area (Å²) in [6, 6.07) is 13.4. The summed E-state index contributed by atoms with van der Waals surface area (Å²) in [6.45, 7) is 2.72. The molecule has 0 amide bonds. The average molecular weight is 269 g/mol. The quantitative estimate of drug-likeness (QED) is 0.908. The summed E-state index contributed by atoms with van der Waals surface area (Å²) >= 11 is 1.83. The highest BCUT2D eigenvalue weighted by Gasteiger charge is 2.12. The molecule has 0 aromatic heterocycles. The molecule has 2 N–H and O–H groups in total. The van der Waals surface area contributed by atoms with Gasteiger partial charge in [0.25, 0.3) is 0 Å². The molecule has 0 radical (unpaired) electrons. The van der Waals surface area contributed by atoms with Gasteiger partial charge < -0.3 is 5.73 Å². The van der Waals surface area contributed by atoms with Crippen molar-refractivity contribution in [2.24, 2.45) is 5.73 Å². The largest absolute Gasteiger partial charge is 0.326 e. The van der Waals surface area contributed by atoms with E-state index in [-0.39, 0.29) is 0 Å². The standard InChI is InChI=1S/C17H19NS/c1-12-5-8-17(15(9-12)11-18)19-16-7-6-13-3-2-4-14(13)10-16/h5-10H,2-4,11,18H2,1H3. The smallest absolute Gasteiger partial charge is 0.0189 e. The van der Waals surface area contributed by atoms with Gasteiger partial charge in [0.1, 0.15) is 0 Å². The van der Waals surface area contributed by atoms with Gasteiger partial charge in [-0.15, -0.1) is 0 Å². The highest BCUT2D eigenvalue weighted by atomic mass is 32.2. The van der Waals surface area contributed by atoms with Gasteiger partial charge in [0.05, 0.1) is 0 Å². The van der Waals surface area contributed by atoms with Crippen molar-refractivity contribution in [3.63, 3.8) is 0 Å². The van der Waals surface area contributed by atoms with Crippen LogP contribution in [0.15, 0.2) is 46.2 Å². The lowest BCUT2D eigenvalue weighted by Gasteiger charge is -2.09. The number of fused-ring (bicyclic) bond motifs is 1. The van der Waals surface area contributed by atoms with Crippen molar-refractivity contribution in [3.8, 4) is 0 Å². The van der Waals surface area contributed by atoms with E-state index in [0.717, 1.165) is 0 Å². The highest BCUT2D eigenvalue weighted by Crippen LogP contribution is 2.34. The van der Waals surface area contributed by atoms with Crippen molar-refractivity contribution in [1.82, 2.24) is 0 Å². The molecule has 1 aliphatic rings. The van der Waals surface area contributed by atoms with Crippen LogP contribution in [0.5, 0.6) is 0 Å². The molecule has 0 heterocycles. The van der Waals surface area contributed by atoms with Crippen LogP contribution in [-0.4, -0.2) is 0 Å². The molecular weight excluding hydrogens is 250 g/mol. The van der Waals surface area contributed by atoms with Crippen molar-refractivity contribution in [2.45, 2.75) is 42.5 Å². The van der Waals surface area contributed by atoms with E-state index in [2.05, 4.69) is 43.3 Å². The Morgan fingerprint density at radius 3 is 2.74 bits per heavy atom. The molecule has 0 atom stereocenters. The number of hydrogen-bond donors (Lipinski definition) is 1. The molecule has 0 unspecified atom stereocenters. The minimum atomic E-state index is 0.606. The third kappa shape index (κ3) is 2.70. The Bertz CT molecular complexity index is 604. The van der Waals surface area contributed by atoms with Gasteiger partial charge in [0.15, 0.2) is 0 Å². The molecule has 1 aliphatic carbocycles. The summed E-state index contributed by atoms with van der Waals surface area (Å²) in [5.41, 5.74) is 11.4. The zero-order chi connectivity index (χ0) is 13.2. The molecule has 98 valence electrons. The van der Waals surface area contributed by atoms with E-state index in [1.165, 1.54) is 51.3 Å². The molecule has 1 nitrogen and oxygen atoms in total. The van der Waals surface area contributed by atoms with Gasteiger partial charge in [-0.25, -0.2) is 0 Å². The minimum absolute atomic E-state index is 0.606. The van der Waals surface area contributed by atoms with Gasteiger partial charge in [0.2, 0.25) is 0 Å². The van der Waals surface area contributed by atoms with Gasteiger partial charge in [-0.2, -0.15) is 0 Å². The van der Waals surface area contributed by atoms with E-state index < -0.39 is 0 Å². The Balaban J connectivity index is 1.89. The molecule has 2 aromatic carbocycles. The number of benzene rings is 2. The Morgan fingerprint density at radius 1 is 1.05 bits per heavy atom. The molecule has 0 saturated carbocycles. The first-order valence-corrected chi connectivity index (χ1v) is 7.67. The zero-order valence-corrected chi connectivity index (χ0v) is 12.1. The molecule has 0 bridgehead atoms. The first kappa shape index (κ1) is 12.8. The Labute approximate surface area is 119 Å². The van der Waals surface area contributed by atoms with Gasteiger partial charge in [-0.1, -0.05) is 35.5 Å². The van der Waals surface area contributed by atoms with E-state index in [1.807, 2.05) is 11.8 Å². The molecule has 0 fully saturated rings. The predicted molar refractivity (Wildman–Crippen MR) is 81.7 cm³/mol. The third-order valence-corrected chi connectivity index (χ3v) is 4.84. The molecule has 0 saturated heterocycles. The fraction of sp³-hybridized carbons (Fsp3) is 0.294. The van der Waals surface area contributed by atoms with Crippen LogP contribution in [0, 0.1) is 6.92 Å². The zero-order valence-electron chi connectivity index (χ0n) is 11.3. The molecule has 0 aliphatic heterocycles. The molecule has 19 heavy (non-hydrogen) atoms. The predicted octanol–water partition coefficient (Wildman–Crippen LogP) is 4.09. The SMILES string of the molecule is Cc1ccc(Sc2ccc3c(c2)CCC3)c(CN)c1. The van der Waals surface area contributed by atoms with Gasteiger partial charge in [-0.05, 0) is 61.1 Å². The molecule has 2 heteroatoms. The highest BCUT2D eigenvalue weighted by molar-refractivity contribution is 7.99. The average Bonchev–Trinajstić information content (AvgIpc) is 2.88. The van der Waals surface area contributed by atoms with Crippen LogP contribution in [0.2, 0.25) is 0 Å². The van der Waals surface area contributed by atoms with Crippen molar-refractivity contribution < 1.29 is 0 Å². The van der Waals surface area contributed by atoms with E-state index in [9.17, 15) is 0 Å². The van der Waals surface area contributed by atoms with Gasteiger partial charge >= 0.3 is 0 Å². The van der Waals surface area contributed by atoms with Crippen molar-refractivity contribution in [2.75, 3.05) is 0 Å². The topological polar surface area (TPSA) is 26.0 Å². The number of aryl methyl sites for hydroxylation is 3. The minimum Gasteiger partial charge on any atom is -0.326 e. The van der Waals surface area contributed by atoms with E-state index in [4.69, 9.17) is 5.73 Å². The fourth-order valence-corrected chi connectivity index (χ4v) is 3.71. The van der Waals surface area contributed by atoms with Crippen LogP contribution >= 0.6 is 11.8 Å². The first-order chi connectivity index (χ1) is 9.26. The second-order valence-electron chi connectivity index (χ2n) is 5.20. The maximum atomic E-state index is 5.85. The third-order valence-electron chi connectivity index (χ3n) is 3.73. The first-order valence-electron chi connectivity index (χ1n) is 6.85. The lowest BCUT2D eigenvalue weighted by molar-refractivity contribution is 0.911. The summed E-state index contributed by atoms with van der Waals surface area (Å²) in [6.07, 6.45) is 3.79. The summed E-state index contributed by atoms with van der Waals surface area (Å²) in [5, 5.41) is 0. The number of nitrogens with two attached hydrogens (primary N) is 1. The van der Waals surface area contributed by atoms with E-state index in [0.29, 0.717) is 6.54 Å². The number of rotatable bonds is 3. The lowest BCUT2D eigenvalue weighted by atomic mass is 10.1. The monoisotopic (exact) mass is 269 g/mol. The van der Waals surface area contributed by atoms with Crippen LogP contribution in [0.1, 0.15) is 28.7 Å². The normalized spacial score (nSPS) is 13.6. The van der Waals surface area contributed by atoms with Gasteiger partial charge in [0, 0.05) is 16.3 Å². The second kappa shape index (κ2) is 5.40. The molecule has 0 spiro atoms. The van der Waals surface area contributed by atoms with E-state index in [1.54, 1.807) is 0 Å². The number of hydrogen-bond acceptors (Lipinski definition) is 2. The van der Waals surface area contributed by atoms with Crippen LogP contribution in [-0.2, 0) is 19.4 Å². The van der Waals surface area contributed by atoms with Crippen LogP contribution < -0.4 is 5.73 Å². The van der Waals surface area contributed by atoms with Crippen LogP contribution in [0.25, 0.3) is 0 Å². The van der Waals surface area contributed by atoms with E-state index >= 15 is 0 Å². The summed E-state index contributed by atoms with van der Waals surface area (Å²) < 4.78 is 0.